The molecular weight excluding hydrogens is 292 g/mol. The molecule has 0 bridgehead atoms. The molecule has 0 aliphatic heterocycles. The van der Waals surface area contributed by atoms with E-state index in [4.69, 9.17) is 0 Å². The van der Waals surface area contributed by atoms with Crippen molar-refractivity contribution >= 4 is 21.4 Å². The van der Waals surface area contributed by atoms with E-state index in [1.54, 1.807) is 23.5 Å². The van der Waals surface area contributed by atoms with Crippen molar-refractivity contribution in [2.24, 2.45) is 0 Å². The summed E-state index contributed by atoms with van der Waals surface area (Å²) in [7, 11) is -1.62. The number of nitrogens with one attached hydrogen (secondary N) is 2. The third kappa shape index (κ3) is 3.67. The molecule has 0 spiro atoms. The highest BCUT2D eigenvalue weighted by Gasteiger charge is 2.18. The molecule has 6 heteroatoms. The van der Waals surface area contributed by atoms with Crippen LogP contribution in [0.4, 0.5) is 0 Å². The summed E-state index contributed by atoms with van der Waals surface area (Å²) in [6.07, 6.45) is 0. The molecule has 0 saturated heterocycles. The minimum absolute atomic E-state index is 0.225. The van der Waals surface area contributed by atoms with Crippen molar-refractivity contribution in [2.75, 3.05) is 7.05 Å². The smallest absolute Gasteiger partial charge is 0.241 e. The first-order valence-corrected chi connectivity index (χ1v) is 8.68. The minimum atomic E-state index is -3.48. The van der Waals surface area contributed by atoms with Crippen LogP contribution in [-0.2, 0) is 16.6 Å². The monoisotopic (exact) mass is 310 g/mol. The second kappa shape index (κ2) is 6.49. The van der Waals surface area contributed by atoms with E-state index >= 15 is 0 Å². The van der Waals surface area contributed by atoms with Gasteiger partial charge in [-0.15, -0.1) is 11.3 Å². The molecule has 1 aromatic heterocycles. The fourth-order valence-corrected chi connectivity index (χ4v) is 3.92. The van der Waals surface area contributed by atoms with Crippen LogP contribution in [0.25, 0.3) is 0 Å². The van der Waals surface area contributed by atoms with E-state index in [0.29, 0.717) is 4.90 Å². The molecule has 2 aromatic rings. The van der Waals surface area contributed by atoms with Gasteiger partial charge in [-0.1, -0.05) is 18.2 Å². The Morgan fingerprint density at radius 3 is 2.45 bits per heavy atom. The van der Waals surface area contributed by atoms with Gasteiger partial charge in [0.2, 0.25) is 10.0 Å². The molecule has 0 aliphatic rings. The van der Waals surface area contributed by atoms with Crippen molar-refractivity contribution in [2.45, 2.75) is 24.4 Å². The normalized spacial score (nSPS) is 13.3. The molecular formula is C14H18N2O2S2. The fourth-order valence-electron chi connectivity index (χ4n) is 1.89. The molecule has 2 rings (SSSR count). The number of hydrogen-bond acceptors (Lipinski definition) is 4. The SMILES string of the molecule is CNCc1ccc(S(=O)(=O)NC(C)c2cccs2)cc1. The van der Waals surface area contributed by atoms with Crippen molar-refractivity contribution in [1.29, 1.82) is 0 Å². The summed E-state index contributed by atoms with van der Waals surface area (Å²) in [4.78, 5) is 1.29. The highest BCUT2D eigenvalue weighted by atomic mass is 32.2. The molecule has 0 aliphatic carbocycles. The Morgan fingerprint density at radius 1 is 1.20 bits per heavy atom. The van der Waals surface area contributed by atoms with Crippen LogP contribution in [0, 0.1) is 0 Å². The second-order valence-corrected chi connectivity index (χ2v) is 7.23. The predicted molar refractivity (Wildman–Crippen MR) is 82.3 cm³/mol. The minimum Gasteiger partial charge on any atom is -0.316 e. The van der Waals surface area contributed by atoms with Gasteiger partial charge in [-0.2, -0.15) is 0 Å². The Kier molecular flexibility index (Phi) is 4.93. The van der Waals surface area contributed by atoms with E-state index in [2.05, 4.69) is 10.0 Å². The lowest BCUT2D eigenvalue weighted by molar-refractivity contribution is 0.568. The Balaban J connectivity index is 2.13. The van der Waals surface area contributed by atoms with Gasteiger partial charge < -0.3 is 5.32 Å². The number of hydrogen-bond donors (Lipinski definition) is 2. The summed E-state index contributed by atoms with van der Waals surface area (Å²) in [5, 5.41) is 4.97. The van der Waals surface area contributed by atoms with E-state index in [0.717, 1.165) is 17.0 Å². The van der Waals surface area contributed by atoms with Crippen molar-refractivity contribution in [3.05, 3.63) is 52.2 Å². The van der Waals surface area contributed by atoms with E-state index in [1.165, 1.54) is 0 Å². The number of sulfonamides is 1. The first kappa shape index (κ1) is 15.2. The van der Waals surface area contributed by atoms with Crippen LogP contribution >= 0.6 is 11.3 Å². The maximum absolute atomic E-state index is 12.3. The van der Waals surface area contributed by atoms with Gasteiger partial charge in [0.05, 0.1) is 10.9 Å². The lowest BCUT2D eigenvalue weighted by Gasteiger charge is -2.13. The predicted octanol–water partition coefficient (Wildman–Crippen LogP) is 2.51. The van der Waals surface area contributed by atoms with E-state index in [1.807, 2.05) is 43.6 Å². The first-order chi connectivity index (χ1) is 9.53. The Morgan fingerprint density at radius 2 is 1.90 bits per heavy atom. The highest BCUT2D eigenvalue weighted by molar-refractivity contribution is 7.89. The lowest BCUT2D eigenvalue weighted by atomic mass is 10.2. The van der Waals surface area contributed by atoms with Gasteiger partial charge in [0.15, 0.2) is 0 Å². The molecule has 0 saturated carbocycles. The van der Waals surface area contributed by atoms with Crippen molar-refractivity contribution in [3.63, 3.8) is 0 Å². The third-order valence-electron chi connectivity index (χ3n) is 2.92. The summed E-state index contributed by atoms with van der Waals surface area (Å²) >= 11 is 1.54. The van der Waals surface area contributed by atoms with Gasteiger partial charge in [0.25, 0.3) is 0 Å². The zero-order valence-electron chi connectivity index (χ0n) is 11.5. The molecule has 1 unspecified atom stereocenters. The molecule has 0 radical (unpaired) electrons. The summed E-state index contributed by atoms with van der Waals surface area (Å²) < 4.78 is 27.3. The maximum atomic E-state index is 12.3. The summed E-state index contributed by atoms with van der Waals surface area (Å²) in [6.45, 7) is 2.57. The second-order valence-electron chi connectivity index (χ2n) is 4.53. The molecule has 20 heavy (non-hydrogen) atoms. The van der Waals surface area contributed by atoms with Crippen molar-refractivity contribution in [3.8, 4) is 0 Å². The van der Waals surface area contributed by atoms with Crippen LogP contribution in [0.2, 0.25) is 0 Å². The van der Waals surface area contributed by atoms with Gasteiger partial charge in [-0.25, -0.2) is 13.1 Å². The van der Waals surface area contributed by atoms with E-state index in [9.17, 15) is 8.42 Å². The zero-order chi connectivity index (χ0) is 14.6. The van der Waals surface area contributed by atoms with Gasteiger partial charge in [-0.05, 0) is 43.1 Å². The number of rotatable bonds is 6. The quantitative estimate of drug-likeness (QED) is 0.862. The highest BCUT2D eigenvalue weighted by Crippen LogP contribution is 2.21. The Hall–Kier alpha value is -1.21. The average Bonchev–Trinajstić information content (AvgIpc) is 2.93. The van der Waals surface area contributed by atoms with Crippen LogP contribution in [0.3, 0.4) is 0 Å². The fraction of sp³-hybridized carbons (Fsp3) is 0.286. The first-order valence-electron chi connectivity index (χ1n) is 6.32. The summed E-state index contributed by atoms with van der Waals surface area (Å²) in [5.41, 5.74) is 1.05. The number of benzene rings is 1. The molecule has 1 aromatic carbocycles. The third-order valence-corrected chi connectivity index (χ3v) is 5.53. The van der Waals surface area contributed by atoms with Crippen molar-refractivity contribution < 1.29 is 8.42 Å². The lowest BCUT2D eigenvalue weighted by Crippen LogP contribution is -2.26. The molecule has 0 amide bonds. The molecule has 108 valence electrons. The van der Waals surface area contributed by atoms with Crippen LogP contribution in [0.1, 0.15) is 23.4 Å². The summed E-state index contributed by atoms with van der Waals surface area (Å²) in [5.74, 6) is 0. The molecule has 4 nitrogen and oxygen atoms in total. The van der Waals surface area contributed by atoms with Crippen LogP contribution in [-0.4, -0.2) is 15.5 Å². The molecule has 0 fully saturated rings. The van der Waals surface area contributed by atoms with Crippen LogP contribution < -0.4 is 10.0 Å². The molecule has 1 atom stereocenters. The maximum Gasteiger partial charge on any atom is 0.241 e. The largest absolute Gasteiger partial charge is 0.316 e. The van der Waals surface area contributed by atoms with Gasteiger partial charge in [-0.3, -0.25) is 0 Å². The van der Waals surface area contributed by atoms with Gasteiger partial charge in [0, 0.05) is 11.4 Å². The van der Waals surface area contributed by atoms with Gasteiger partial charge >= 0.3 is 0 Å². The van der Waals surface area contributed by atoms with E-state index in [-0.39, 0.29) is 6.04 Å². The number of thiophene rings is 1. The van der Waals surface area contributed by atoms with E-state index < -0.39 is 10.0 Å². The zero-order valence-corrected chi connectivity index (χ0v) is 13.1. The van der Waals surface area contributed by atoms with Crippen molar-refractivity contribution in [1.82, 2.24) is 10.0 Å². The average molecular weight is 310 g/mol. The molecule has 1 heterocycles. The summed E-state index contributed by atoms with van der Waals surface area (Å²) in [6, 6.07) is 10.5. The Labute approximate surface area is 123 Å². The topological polar surface area (TPSA) is 58.2 Å². The van der Waals surface area contributed by atoms with Gasteiger partial charge in [0.1, 0.15) is 0 Å². The Bertz CT molecular complexity index is 634. The standard InChI is InChI=1S/C14H18N2O2S2/c1-11(14-4-3-9-19-14)16-20(17,18)13-7-5-12(6-8-13)10-15-2/h3-9,11,15-16H,10H2,1-2H3. The molecule has 2 N–H and O–H groups in total. The van der Waals surface area contributed by atoms with Crippen LogP contribution in [0.5, 0.6) is 0 Å². The van der Waals surface area contributed by atoms with Crippen LogP contribution in [0.15, 0.2) is 46.7 Å².